The number of rotatable bonds is 3. The Morgan fingerprint density at radius 1 is 1.50 bits per heavy atom. The second kappa shape index (κ2) is 2.99. The van der Waals surface area contributed by atoms with E-state index >= 15 is 0 Å². The van der Waals surface area contributed by atoms with Crippen LogP contribution in [0.1, 0.15) is 32.6 Å². The standard InChI is InChI=1S/C10H18FN/c1-2-10(4-5-10)8-12-6-3-9(11)7-12/h9H,2-8H2,1H3/t9-/m0/s1. The largest absolute Gasteiger partial charge is 0.300 e. The van der Waals surface area contributed by atoms with Crippen LogP contribution in [0, 0.1) is 5.41 Å². The van der Waals surface area contributed by atoms with Gasteiger partial charge >= 0.3 is 0 Å². The van der Waals surface area contributed by atoms with E-state index < -0.39 is 6.17 Å². The minimum absolute atomic E-state index is 0.544. The van der Waals surface area contributed by atoms with Crippen molar-refractivity contribution in [3.05, 3.63) is 0 Å². The Labute approximate surface area is 73.9 Å². The van der Waals surface area contributed by atoms with E-state index in [4.69, 9.17) is 0 Å². The van der Waals surface area contributed by atoms with Gasteiger partial charge in [-0.2, -0.15) is 0 Å². The molecule has 2 fully saturated rings. The molecule has 1 aliphatic carbocycles. The van der Waals surface area contributed by atoms with E-state index in [1.54, 1.807) is 0 Å². The van der Waals surface area contributed by atoms with Gasteiger partial charge in [-0.1, -0.05) is 6.92 Å². The number of hydrogen-bond acceptors (Lipinski definition) is 1. The average Bonchev–Trinajstić information content (AvgIpc) is 2.71. The van der Waals surface area contributed by atoms with Crippen molar-refractivity contribution < 1.29 is 4.39 Å². The van der Waals surface area contributed by atoms with Crippen LogP contribution in [-0.2, 0) is 0 Å². The summed E-state index contributed by atoms with van der Waals surface area (Å²) in [5, 5.41) is 0. The van der Waals surface area contributed by atoms with E-state index in [-0.39, 0.29) is 0 Å². The Bertz CT molecular complexity index is 165. The molecule has 1 saturated carbocycles. The fraction of sp³-hybridized carbons (Fsp3) is 1.00. The molecular formula is C10H18FN. The van der Waals surface area contributed by atoms with Gasteiger partial charge in [0.05, 0.1) is 0 Å². The molecule has 12 heavy (non-hydrogen) atoms. The minimum Gasteiger partial charge on any atom is -0.300 e. The van der Waals surface area contributed by atoms with Gasteiger partial charge in [-0.25, -0.2) is 4.39 Å². The summed E-state index contributed by atoms with van der Waals surface area (Å²) in [6.45, 7) is 5.10. The summed E-state index contributed by atoms with van der Waals surface area (Å²) < 4.78 is 12.8. The van der Waals surface area contributed by atoms with Gasteiger partial charge in [0.1, 0.15) is 6.17 Å². The van der Waals surface area contributed by atoms with Crippen LogP contribution in [0.15, 0.2) is 0 Å². The molecule has 0 unspecified atom stereocenters. The molecule has 2 aliphatic rings. The molecule has 0 bridgehead atoms. The Balaban J connectivity index is 1.80. The van der Waals surface area contributed by atoms with E-state index in [9.17, 15) is 4.39 Å². The first-order valence-corrected chi connectivity index (χ1v) is 5.10. The molecule has 1 nitrogen and oxygen atoms in total. The van der Waals surface area contributed by atoms with Gasteiger partial charge < -0.3 is 0 Å². The van der Waals surface area contributed by atoms with Crippen LogP contribution in [0.3, 0.4) is 0 Å². The molecule has 0 aromatic rings. The lowest BCUT2D eigenvalue weighted by atomic mass is 10.0. The maximum absolute atomic E-state index is 12.8. The number of halogens is 1. The van der Waals surface area contributed by atoms with Crippen molar-refractivity contribution in [2.24, 2.45) is 5.41 Å². The van der Waals surface area contributed by atoms with Crippen LogP contribution in [0.4, 0.5) is 4.39 Å². The van der Waals surface area contributed by atoms with Crippen molar-refractivity contribution in [2.75, 3.05) is 19.6 Å². The van der Waals surface area contributed by atoms with Crippen LogP contribution in [0.5, 0.6) is 0 Å². The third-order valence-corrected chi connectivity index (χ3v) is 3.48. The maximum atomic E-state index is 12.8. The molecular weight excluding hydrogens is 153 g/mol. The minimum atomic E-state index is -0.544. The van der Waals surface area contributed by atoms with Gasteiger partial charge in [0.2, 0.25) is 0 Å². The number of alkyl halides is 1. The van der Waals surface area contributed by atoms with Crippen molar-refractivity contribution in [1.82, 2.24) is 4.90 Å². The highest BCUT2D eigenvalue weighted by molar-refractivity contribution is 4.95. The molecule has 0 amide bonds. The Morgan fingerprint density at radius 2 is 2.25 bits per heavy atom. The van der Waals surface area contributed by atoms with Crippen molar-refractivity contribution in [3.8, 4) is 0 Å². The van der Waals surface area contributed by atoms with Crippen LogP contribution in [0.25, 0.3) is 0 Å². The lowest BCUT2D eigenvalue weighted by Crippen LogP contribution is -2.28. The van der Waals surface area contributed by atoms with Crippen molar-refractivity contribution in [3.63, 3.8) is 0 Å². The van der Waals surface area contributed by atoms with Crippen molar-refractivity contribution in [1.29, 1.82) is 0 Å². The Hall–Kier alpha value is -0.110. The predicted octanol–water partition coefficient (Wildman–Crippen LogP) is 2.22. The molecule has 0 spiro atoms. The zero-order valence-electron chi connectivity index (χ0n) is 7.85. The fourth-order valence-electron chi connectivity index (χ4n) is 2.20. The van der Waals surface area contributed by atoms with Gasteiger partial charge in [-0.15, -0.1) is 0 Å². The number of nitrogens with zero attached hydrogens (tertiary/aromatic N) is 1. The van der Waals surface area contributed by atoms with Gasteiger partial charge in [-0.3, -0.25) is 4.90 Å². The Morgan fingerprint density at radius 3 is 2.67 bits per heavy atom. The molecule has 1 atom stereocenters. The first-order valence-electron chi connectivity index (χ1n) is 5.10. The lowest BCUT2D eigenvalue weighted by molar-refractivity contribution is 0.236. The molecule has 0 radical (unpaired) electrons. The molecule has 1 aliphatic heterocycles. The Kier molecular flexibility index (Phi) is 2.11. The van der Waals surface area contributed by atoms with Gasteiger partial charge in [0.25, 0.3) is 0 Å². The highest BCUT2D eigenvalue weighted by Gasteiger charge is 2.42. The summed E-state index contributed by atoms with van der Waals surface area (Å²) in [7, 11) is 0. The van der Waals surface area contributed by atoms with Crippen molar-refractivity contribution in [2.45, 2.75) is 38.8 Å². The third kappa shape index (κ3) is 1.63. The first-order chi connectivity index (χ1) is 5.74. The summed E-state index contributed by atoms with van der Waals surface area (Å²) >= 11 is 0. The molecule has 2 heteroatoms. The average molecular weight is 171 g/mol. The highest BCUT2D eigenvalue weighted by atomic mass is 19.1. The first kappa shape index (κ1) is 8.49. The summed E-state index contributed by atoms with van der Waals surface area (Å²) in [5.41, 5.74) is 0.601. The van der Waals surface area contributed by atoms with Crippen LogP contribution in [-0.4, -0.2) is 30.7 Å². The number of likely N-dealkylation sites (tertiary alicyclic amines) is 1. The normalized spacial score (nSPS) is 34.0. The van der Waals surface area contributed by atoms with Gasteiger partial charge in [0.15, 0.2) is 0 Å². The second-order valence-corrected chi connectivity index (χ2v) is 4.47. The zero-order chi connectivity index (χ0) is 8.60. The van der Waals surface area contributed by atoms with E-state index in [1.165, 1.54) is 19.3 Å². The van der Waals surface area contributed by atoms with Crippen LogP contribution < -0.4 is 0 Å². The second-order valence-electron chi connectivity index (χ2n) is 4.47. The molecule has 1 heterocycles. The summed E-state index contributed by atoms with van der Waals surface area (Å²) in [4.78, 5) is 2.31. The lowest BCUT2D eigenvalue weighted by Gasteiger charge is -2.21. The SMILES string of the molecule is CCC1(CN2CC[C@H](F)C2)CC1. The number of hydrogen-bond donors (Lipinski definition) is 0. The van der Waals surface area contributed by atoms with Crippen LogP contribution in [0.2, 0.25) is 0 Å². The predicted molar refractivity (Wildman–Crippen MR) is 47.9 cm³/mol. The van der Waals surface area contributed by atoms with E-state index in [0.29, 0.717) is 12.0 Å². The highest BCUT2D eigenvalue weighted by Crippen LogP contribution is 2.49. The molecule has 1 saturated heterocycles. The van der Waals surface area contributed by atoms with E-state index in [1.807, 2.05) is 0 Å². The van der Waals surface area contributed by atoms with Gasteiger partial charge in [0, 0.05) is 19.6 Å². The van der Waals surface area contributed by atoms with E-state index in [2.05, 4.69) is 11.8 Å². The monoisotopic (exact) mass is 171 g/mol. The van der Waals surface area contributed by atoms with E-state index in [0.717, 1.165) is 19.5 Å². The molecule has 2 rings (SSSR count). The molecule has 0 aromatic heterocycles. The summed E-state index contributed by atoms with van der Waals surface area (Å²) in [5.74, 6) is 0. The van der Waals surface area contributed by atoms with Crippen molar-refractivity contribution >= 4 is 0 Å². The molecule has 70 valence electrons. The van der Waals surface area contributed by atoms with Gasteiger partial charge in [-0.05, 0) is 31.1 Å². The summed E-state index contributed by atoms with van der Waals surface area (Å²) in [6.07, 6.45) is 4.24. The quantitative estimate of drug-likeness (QED) is 0.629. The fourth-order valence-corrected chi connectivity index (χ4v) is 2.20. The molecule has 0 aromatic carbocycles. The molecule has 0 N–H and O–H groups in total. The zero-order valence-corrected chi connectivity index (χ0v) is 7.85. The van der Waals surface area contributed by atoms with Crippen LogP contribution >= 0.6 is 0 Å². The third-order valence-electron chi connectivity index (χ3n) is 3.48. The topological polar surface area (TPSA) is 3.24 Å². The smallest absolute Gasteiger partial charge is 0.114 e. The maximum Gasteiger partial charge on any atom is 0.114 e. The summed E-state index contributed by atoms with van der Waals surface area (Å²) in [6, 6.07) is 0.